The van der Waals surface area contributed by atoms with E-state index in [4.69, 9.17) is 0 Å². The van der Waals surface area contributed by atoms with Crippen molar-refractivity contribution in [2.45, 2.75) is 59.6 Å². The summed E-state index contributed by atoms with van der Waals surface area (Å²) in [5.74, 6) is 0.211. The van der Waals surface area contributed by atoms with E-state index in [1.807, 2.05) is 37.5 Å². The third-order valence-corrected chi connectivity index (χ3v) is 4.86. The lowest BCUT2D eigenvalue weighted by atomic mass is 9.77. The molecule has 0 bridgehead atoms. The van der Waals surface area contributed by atoms with Crippen LogP contribution in [-0.4, -0.2) is 54.6 Å². The summed E-state index contributed by atoms with van der Waals surface area (Å²) in [6.07, 6.45) is -1.97. The molecule has 0 unspecified atom stereocenters. The Morgan fingerprint density at radius 2 is 1.61 bits per heavy atom. The largest absolute Gasteiger partial charge is 0.390 e. The lowest BCUT2D eigenvalue weighted by molar-refractivity contribution is -0.139. The molecule has 0 saturated carbocycles. The minimum absolute atomic E-state index is 0.0194. The van der Waals surface area contributed by atoms with E-state index in [0.29, 0.717) is 0 Å². The third kappa shape index (κ3) is 5.98. The van der Waals surface area contributed by atoms with Crippen LogP contribution in [0.4, 0.5) is 13.2 Å². The second kappa shape index (κ2) is 8.36. The highest BCUT2D eigenvalue weighted by molar-refractivity contribution is 5.78. The van der Waals surface area contributed by atoms with Crippen LogP contribution in [0.25, 0.3) is 0 Å². The van der Waals surface area contributed by atoms with Gasteiger partial charge in [-0.15, -0.1) is 0 Å². The number of hydrogen-bond acceptors (Lipinski definition) is 2. The number of hydrogen-bond donors (Lipinski definition) is 0. The van der Waals surface area contributed by atoms with Crippen LogP contribution in [0, 0.1) is 11.3 Å². The first-order valence-electron chi connectivity index (χ1n) is 8.79. The first kappa shape index (κ1) is 20.3. The summed E-state index contributed by atoms with van der Waals surface area (Å²) in [6.45, 7) is 10.9. The summed E-state index contributed by atoms with van der Waals surface area (Å²) in [5.41, 5.74) is 0.138. The fraction of sp³-hybridized carbons (Fsp3) is 0.941. The van der Waals surface area contributed by atoms with Crippen LogP contribution >= 0.6 is 0 Å². The highest BCUT2D eigenvalue weighted by Crippen LogP contribution is 2.40. The Morgan fingerprint density at radius 1 is 1.09 bits per heavy atom. The van der Waals surface area contributed by atoms with Crippen molar-refractivity contribution in [1.29, 1.82) is 0 Å². The van der Waals surface area contributed by atoms with Crippen LogP contribution in [0.1, 0.15) is 53.4 Å². The van der Waals surface area contributed by atoms with Gasteiger partial charge in [0.05, 0.1) is 6.42 Å². The van der Waals surface area contributed by atoms with Gasteiger partial charge in [0.15, 0.2) is 0 Å². The molecule has 2 aliphatic rings. The van der Waals surface area contributed by atoms with Crippen molar-refractivity contribution < 1.29 is 18.0 Å². The number of carbonyl (C=O) groups is 1. The fourth-order valence-electron chi connectivity index (χ4n) is 3.48. The number of halogens is 3. The normalized spacial score (nSPS) is 21.5. The van der Waals surface area contributed by atoms with Crippen LogP contribution in [-0.2, 0) is 4.79 Å². The predicted octanol–water partition coefficient (Wildman–Crippen LogP) is 3.94. The standard InChI is InChI=1S/C15H25F3N2O.C2H6/c1-12(2)13(21)20-9-4-14(5-10-20)3-7-19(11-14)8-6-15(16,17)18;1-2/h12H,3-11H2,1-2H3;1-2H3. The number of rotatable bonds is 3. The minimum Gasteiger partial charge on any atom is -0.342 e. The molecule has 0 aromatic heterocycles. The zero-order valence-electron chi connectivity index (χ0n) is 14.9. The smallest absolute Gasteiger partial charge is 0.342 e. The quantitative estimate of drug-likeness (QED) is 0.779. The van der Waals surface area contributed by atoms with Gasteiger partial charge in [-0.1, -0.05) is 27.7 Å². The topological polar surface area (TPSA) is 23.6 Å². The Labute approximate surface area is 138 Å². The van der Waals surface area contributed by atoms with E-state index >= 15 is 0 Å². The van der Waals surface area contributed by atoms with Crippen molar-refractivity contribution in [2.75, 3.05) is 32.7 Å². The zero-order valence-corrected chi connectivity index (χ0v) is 14.9. The molecule has 6 heteroatoms. The molecule has 2 aliphatic heterocycles. The Bertz CT molecular complexity index is 375. The number of amides is 1. The summed E-state index contributed by atoms with van der Waals surface area (Å²) in [4.78, 5) is 15.8. The molecule has 2 saturated heterocycles. The Hall–Kier alpha value is -0.780. The first-order valence-corrected chi connectivity index (χ1v) is 8.79. The maximum Gasteiger partial charge on any atom is 0.390 e. The van der Waals surface area contributed by atoms with Crippen LogP contribution < -0.4 is 0 Å². The summed E-state index contributed by atoms with van der Waals surface area (Å²) in [5, 5.41) is 0. The van der Waals surface area contributed by atoms with Gasteiger partial charge in [-0.05, 0) is 31.2 Å². The van der Waals surface area contributed by atoms with E-state index < -0.39 is 12.6 Å². The summed E-state index contributed by atoms with van der Waals surface area (Å²) < 4.78 is 36.9. The van der Waals surface area contributed by atoms with Crippen molar-refractivity contribution in [3.05, 3.63) is 0 Å². The molecule has 2 rings (SSSR count). The van der Waals surface area contributed by atoms with Crippen molar-refractivity contribution >= 4 is 5.91 Å². The highest BCUT2D eigenvalue weighted by Gasteiger charge is 2.42. The molecule has 2 fully saturated rings. The fourth-order valence-corrected chi connectivity index (χ4v) is 3.48. The second-order valence-corrected chi connectivity index (χ2v) is 6.87. The van der Waals surface area contributed by atoms with E-state index in [1.165, 1.54) is 0 Å². The maximum absolute atomic E-state index is 12.3. The molecule has 0 radical (unpaired) electrons. The van der Waals surface area contributed by atoms with Crippen molar-refractivity contribution in [2.24, 2.45) is 11.3 Å². The Kier molecular flexibility index (Phi) is 7.36. The van der Waals surface area contributed by atoms with E-state index in [9.17, 15) is 18.0 Å². The predicted molar refractivity (Wildman–Crippen MR) is 86.2 cm³/mol. The molecule has 3 nitrogen and oxygen atoms in total. The molecule has 1 amide bonds. The summed E-state index contributed by atoms with van der Waals surface area (Å²) >= 11 is 0. The van der Waals surface area contributed by atoms with Gasteiger partial charge in [-0.25, -0.2) is 0 Å². The average molecular weight is 336 g/mol. The number of nitrogens with zero attached hydrogens (tertiary/aromatic N) is 2. The molecule has 0 aliphatic carbocycles. The molecule has 0 aromatic carbocycles. The van der Waals surface area contributed by atoms with Gasteiger partial charge in [0.2, 0.25) is 5.91 Å². The molecular weight excluding hydrogens is 305 g/mol. The molecule has 23 heavy (non-hydrogen) atoms. The number of likely N-dealkylation sites (tertiary alicyclic amines) is 2. The SMILES string of the molecule is CC.CC(C)C(=O)N1CCC2(CCN(CCC(F)(F)F)C2)CC1. The van der Waals surface area contributed by atoms with Crippen LogP contribution in [0.2, 0.25) is 0 Å². The molecular formula is C17H31F3N2O. The van der Waals surface area contributed by atoms with Gasteiger partial charge in [0.25, 0.3) is 0 Å². The van der Waals surface area contributed by atoms with Crippen LogP contribution in [0.15, 0.2) is 0 Å². The van der Waals surface area contributed by atoms with Gasteiger partial charge in [-0.2, -0.15) is 13.2 Å². The second-order valence-electron chi connectivity index (χ2n) is 6.87. The molecule has 0 N–H and O–H groups in total. The monoisotopic (exact) mass is 336 g/mol. The number of piperidine rings is 1. The molecule has 1 spiro atoms. The lowest BCUT2D eigenvalue weighted by Gasteiger charge is -2.40. The maximum atomic E-state index is 12.3. The van der Waals surface area contributed by atoms with E-state index in [-0.39, 0.29) is 23.8 Å². The number of carbonyl (C=O) groups excluding carboxylic acids is 1. The molecule has 136 valence electrons. The Morgan fingerprint density at radius 3 is 2.09 bits per heavy atom. The minimum atomic E-state index is -4.07. The third-order valence-electron chi connectivity index (χ3n) is 4.86. The van der Waals surface area contributed by atoms with Gasteiger partial charge in [-0.3, -0.25) is 4.79 Å². The van der Waals surface area contributed by atoms with Gasteiger partial charge in [0, 0.05) is 32.1 Å². The average Bonchev–Trinajstić information content (AvgIpc) is 2.90. The lowest BCUT2D eigenvalue weighted by Crippen LogP contribution is -2.45. The molecule has 0 aromatic rings. The molecule has 0 atom stereocenters. The van der Waals surface area contributed by atoms with E-state index in [1.54, 1.807) is 0 Å². The van der Waals surface area contributed by atoms with E-state index in [0.717, 1.165) is 45.4 Å². The summed E-state index contributed by atoms with van der Waals surface area (Å²) in [7, 11) is 0. The first-order chi connectivity index (χ1) is 10.7. The van der Waals surface area contributed by atoms with Gasteiger partial charge >= 0.3 is 6.18 Å². The van der Waals surface area contributed by atoms with Crippen LogP contribution in [0.5, 0.6) is 0 Å². The van der Waals surface area contributed by atoms with Crippen molar-refractivity contribution in [1.82, 2.24) is 9.80 Å². The van der Waals surface area contributed by atoms with Gasteiger partial charge < -0.3 is 9.80 Å². The van der Waals surface area contributed by atoms with Crippen molar-refractivity contribution in [3.63, 3.8) is 0 Å². The van der Waals surface area contributed by atoms with E-state index in [2.05, 4.69) is 0 Å². The molecule has 2 heterocycles. The van der Waals surface area contributed by atoms with Gasteiger partial charge in [0.1, 0.15) is 0 Å². The summed E-state index contributed by atoms with van der Waals surface area (Å²) in [6, 6.07) is 0. The Balaban J connectivity index is 0.00000127. The van der Waals surface area contributed by atoms with Crippen molar-refractivity contribution in [3.8, 4) is 0 Å². The highest BCUT2D eigenvalue weighted by atomic mass is 19.4. The zero-order chi connectivity index (χ0) is 17.7. The number of alkyl halides is 3. The van der Waals surface area contributed by atoms with Crippen LogP contribution in [0.3, 0.4) is 0 Å².